The van der Waals surface area contributed by atoms with Crippen LogP contribution in [-0.2, 0) is 6.54 Å². The molecule has 0 aliphatic carbocycles. The zero-order valence-electron chi connectivity index (χ0n) is 11.9. The van der Waals surface area contributed by atoms with Gasteiger partial charge in [-0.05, 0) is 70.5 Å². The molecule has 0 saturated heterocycles. The number of hydrogen-bond donors (Lipinski definition) is 2. The Bertz CT molecular complexity index is 349. The van der Waals surface area contributed by atoms with Crippen LogP contribution in [-0.4, -0.2) is 18.6 Å². The molecule has 0 radical (unpaired) electrons. The predicted molar refractivity (Wildman–Crippen MR) is 80.3 cm³/mol. The molecule has 0 aliphatic rings. The molecule has 1 aromatic rings. The average molecular weight is 269 g/mol. The quantitative estimate of drug-likeness (QED) is 0.772. The van der Waals surface area contributed by atoms with Crippen molar-refractivity contribution in [2.45, 2.75) is 46.2 Å². The van der Waals surface area contributed by atoms with Gasteiger partial charge >= 0.3 is 0 Å². The molecular weight excluding hydrogens is 244 g/mol. The van der Waals surface area contributed by atoms with E-state index in [0.717, 1.165) is 31.1 Å². The molecule has 1 rings (SSSR count). The maximum atomic E-state index is 6.03. The van der Waals surface area contributed by atoms with Gasteiger partial charge in [0.1, 0.15) is 0 Å². The van der Waals surface area contributed by atoms with Crippen molar-refractivity contribution in [3.63, 3.8) is 0 Å². The Balaban J connectivity index is 2.18. The van der Waals surface area contributed by atoms with E-state index in [0.29, 0.717) is 0 Å². The van der Waals surface area contributed by atoms with Crippen LogP contribution in [0.3, 0.4) is 0 Å². The molecule has 3 heteroatoms. The summed E-state index contributed by atoms with van der Waals surface area (Å²) in [6.07, 6.45) is 1.14. The van der Waals surface area contributed by atoms with Crippen molar-refractivity contribution in [1.82, 2.24) is 10.6 Å². The van der Waals surface area contributed by atoms with Gasteiger partial charge in [-0.15, -0.1) is 0 Å². The predicted octanol–water partition coefficient (Wildman–Crippen LogP) is 3.52. The lowest BCUT2D eigenvalue weighted by atomic mass is 10.1. The van der Waals surface area contributed by atoms with Crippen LogP contribution < -0.4 is 10.6 Å². The highest BCUT2D eigenvalue weighted by Gasteiger charge is 2.06. The van der Waals surface area contributed by atoms with Gasteiger partial charge in [0.25, 0.3) is 0 Å². The maximum Gasteiger partial charge on any atom is 0.0411 e. The molecule has 1 aromatic carbocycles. The molecule has 102 valence electrons. The lowest BCUT2D eigenvalue weighted by molar-refractivity contribution is 0.418. The second-order valence-electron chi connectivity index (χ2n) is 5.84. The van der Waals surface area contributed by atoms with Crippen molar-refractivity contribution in [2.75, 3.05) is 13.1 Å². The third kappa shape index (κ3) is 7.00. The summed E-state index contributed by atoms with van der Waals surface area (Å²) in [5.74, 6) is 0. The van der Waals surface area contributed by atoms with Crippen molar-refractivity contribution in [1.29, 1.82) is 0 Å². The number of rotatable bonds is 6. The van der Waals surface area contributed by atoms with E-state index in [4.69, 9.17) is 11.6 Å². The second-order valence-corrected chi connectivity index (χ2v) is 6.28. The lowest BCUT2D eigenvalue weighted by Crippen LogP contribution is -2.37. The number of benzene rings is 1. The molecule has 0 heterocycles. The molecule has 0 atom stereocenters. The zero-order valence-corrected chi connectivity index (χ0v) is 12.7. The van der Waals surface area contributed by atoms with Gasteiger partial charge in [-0.2, -0.15) is 0 Å². The number of aryl methyl sites for hydroxylation is 1. The maximum absolute atomic E-state index is 6.03. The molecule has 2 nitrogen and oxygen atoms in total. The topological polar surface area (TPSA) is 24.1 Å². The third-order valence-electron chi connectivity index (χ3n) is 2.62. The highest BCUT2D eigenvalue weighted by Crippen LogP contribution is 2.14. The van der Waals surface area contributed by atoms with Gasteiger partial charge in [-0.3, -0.25) is 0 Å². The number of hydrogen-bond acceptors (Lipinski definition) is 2. The van der Waals surface area contributed by atoms with Crippen LogP contribution in [0.5, 0.6) is 0 Å². The third-order valence-corrected chi connectivity index (χ3v) is 2.83. The Labute approximate surface area is 116 Å². The molecule has 0 amide bonds. The van der Waals surface area contributed by atoms with E-state index < -0.39 is 0 Å². The van der Waals surface area contributed by atoms with Crippen molar-refractivity contribution in [2.24, 2.45) is 0 Å². The van der Waals surface area contributed by atoms with E-state index >= 15 is 0 Å². The Morgan fingerprint density at radius 2 is 1.83 bits per heavy atom. The molecule has 0 saturated carbocycles. The normalized spacial score (nSPS) is 11.8. The monoisotopic (exact) mass is 268 g/mol. The summed E-state index contributed by atoms with van der Waals surface area (Å²) in [6, 6.07) is 6.18. The summed E-state index contributed by atoms with van der Waals surface area (Å²) < 4.78 is 0. The van der Waals surface area contributed by atoms with Gasteiger partial charge in [-0.25, -0.2) is 0 Å². The summed E-state index contributed by atoms with van der Waals surface area (Å²) in [6.45, 7) is 11.6. The number of halogens is 1. The van der Waals surface area contributed by atoms with Crippen LogP contribution in [0.15, 0.2) is 18.2 Å². The molecular formula is C15H25ClN2. The Hall–Kier alpha value is -0.570. The molecule has 0 bridgehead atoms. The van der Waals surface area contributed by atoms with E-state index in [2.05, 4.69) is 44.4 Å². The summed E-state index contributed by atoms with van der Waals surface area (Å²) in [5.41, 5.74) is 2.68. The molecule has 18 heavy (non-hydrogen) atoms. The molecule has 0 aromatic heterocycles. The van der Waals surface area contributed by atoms with Crippen LogP contribution >= 0.6 is 11.6 Å². The SMILES string of the molecule is Cc1cc(Cl)cc(CNCCCNC(C)(C)C)c1. The van der Waals surface area contributed by atoms with E-state index in [9.17, 15) is 0 Å². The minimum absolute atomic E-state index is 0.212. The van der Waals surface area contributed by atoms with Gasteiger partial charge in [0, 0.05) is 17.1 Å². The zero-order chi connectivity index (χ0) is 13.6. The average Bonchev–Trinajstić information content (AvgIpc) is 2.20. The molecule has 0 unspecified atom stereocenters. The molecule has 0 aliphatic heterocycles. The van der Waals surface area contributed by atoms with Gasteiger partial charge in [-0.1, -0.05) is 17.7 Å². The highest BCUT2D eigenvalue weighted by molar-refractivity contribution is 6.30. The Morgan fingerprint density at radius 3 is 2.44 bits per heavy atom. The smallest absolute Gasteiger partial charge is 0.0411 e. The van der Waals surface area contributed by atoms with Crippen molar-refractivity contribution in [3.05, 3.63) is 34.3 Å². The van der Waals surface area contributed by atoms with Crippen LogP contribution in [0.25, 0.3) is 0 Å². The summed E-state index contributed by atoms with van der Waals surface area (Å²) >= 11 is 6.03. The van der Waals surface area contributed by atoms with Crippen molar-refractivity contribution >= 4 is 11.6 Å². The van der Waals surface area contributed by atoms with Crippen molar-refractivity contribution < 1.29 is 0 Å². The Kier molecular flexibility index (Phi) is 6.13. The number of nitrogens with one attached hydrogen (secondary N) is 2. The summed E-state index contributed by atoms with van der Waals surface area (Å²) in [4.78, 5) is 0. The van der Waals surface area contributed by atoms with Gasteiger partial charge in [0.2, 0.25) is 0 Å². The van der Waals surface area contributed by atoms with Crippen LogP contribution in [0, 0.1) is 6.92 Å². The Morgan fingerprint density at radius 1 is 1.11 bits per heavy atom. The first-order valence-corrected chi connectivity index (χ1v) is 6.96. The first kappa shape index (κ1) is 15.5. The van der Waals surface area contributed by atoms with Crippen molar-refractivity contribution in [3.8, 4) is 0 Å². The molecule has 0 spiro atoms. The fourth-order valence-electron chi connectivity index (χ4n) is 1.82. The van der Waals surface area contributed by atoms with Gasteiger partial charge in [0.05, 0.1) is 0 Å². The van der Waals surface area contributed by atoms with Gasteiger partial charge in [0.15, 0.2) is 0 Å². The van der Waals surface area contributed by atoms with Gasteiger partial charge < -0.3 is 10.6 Å². The second kappa shape index (κ2) is 7.13. The van der Waals surface area contributed by atoms with Crippen LogP contribution in [0.4, 0.5) is 0 Å². The largest absolute Gasteiger partial charge is 0.313 e. The fraction of sp³-hybridized carbons (Fsp3) is 0.600. The summed E-state index contributed by atoms with van der Waals surface area (Å²) in [7, 11) is 0. The molecule has 0 fully saturated rings. The van der Waals surface area contributed by atoms with E-state index in [1.165, 1.54) is 11.1 Å². The highest BCUT2D eigenvalue weighted by atomic mass is 35.5. The minimum atomic E-state index is 0.212. The van der Waals surface area contributed by atoms with E-state index in [1.807, 2.05) is 12.1 Å². The standard InChI is InChI=1S/C15H25ClN2/c1-12-8-13(10-14(16)9-12)11-17-6-5-7-18-15(2,3)4/h8-10,17-18H,5-7,11H2,1-4H3. The first-order valence-electron chi connectivity index (χ1n) is 6.59. The van der Waals surface area contributed by atoms with Crippen LogP contribution in [0.2, 0.25) is 5.02 Å². The molecule has 2 N–H and O–H groups in total. The van der Waals surface area contributed by atoms with Crippen LogP contribution in [0.1, 0.15) is 38.3 Å². The van der Waals surface area contributed by atoms with E-state index in [1.54, 1.807) is 0 Å². The van der Waals surface area contributed by atoms with E-state index in [-0.39, 0.29) is 5.54 Å². The fourth-order valence-corrected chi connectivity index (χ4v) is 2.14. The minimum Gasteiger partial charge on any atom is -0.313 e. The lowest BCUT2D eigenvalue weighted by Gasteiger charge is -2.20. The summed E-state index contributed by atoms with van der Waals surface area (Å²) in [5, 5.41) is 7.74. The first-order chi connectivity index (χ1) is 8.37.